The van der Waals surface area contributed by atoms with Gasteiger partial charge in [0.05, 0.1) is 17.9 Å². The number of hydrogen-bond acceptors (Lipinski definition) is 4. The third-order valence-electron chi connectivity index (χ3n) is 4.49. The number of para-hydroxylation sites is 2. The summed E-state index contributed by atoms with van der Waals surface area (Å²) in [5, 5.41) is 2.76. The van der Waals surface area contributed by atoms with Crippen LogP contribution >= 0.6 is 0 Å². The number of carbonyl (C=O) groups is 3. The molecule has 0 aliphatic heterocycles. The minimum atomic E-state index is -0.486. The average molecular weight is 396 g/mol. The van der Waals surface area contributed by atoms with Crippen molar-refractivity contribution < 1.29 is 19.1 Å². The lowest BCUT2D eigenvalue weighted by Crippen LogP contribution is -2.33. The number of benzene rings is 2. The van der Waals surface area contributed by atoms with Crippen molar-refractivity contribution in [2.45, 2.75) is 40.0 Å². The van der Waals surface area contributed by atoms with Crippen LogP contribution < -0.4 is 10.2 Å². The Kier molecular flexibility index (Phi) is 7.95. The van der Waals surface area contributed by atoms with Crippen LogP contribution in [0.3, 0.4) is 0 Å². The molecule has 6 heteroatoms. The first-order valence-corrected chi connectivity index (χ1v) is 9.78. The maximum atomic E-state index is 12.5. The van der Waals surface area contributed by atoms with Crippen LogP contribution in [0.4, 0.5) is 11.4 Å². The van der Waals surface area contributed by atoms with Crippen LogP contribution in [-0.4, -0.2) is 30.9 Å². The monoisotopic (exact) mass is 396 g/mol. The topological polar surface area (TPSA) is 75.7 Å². The van der Waals surface area contributed by atoms with Crippen molar-refractivity contribution in [3.63, 3.8) is 0 Å². The summed E-state index contributed by atoms with van der Waals surface area (Å²) in [7, 11) is 0. The molecule has 2 aromatic carbocycles. The summed E-state index contributed by atoms with van der Waals surface area (Å²) in [6, 6.07) is 14.4. The van der Waals surface area contributed by atoms with Gasteiger partial charge in [0.15, 0.2) is 0 Å². The largest absolute Gasteiger partial charge is 0.462 e. The molecule has 0 aliphatic carbocycles. The maximum absolute atomic E-state index is 12.5. The Labute approximate surface area is 171 Å². The van der Waals surface area contributed by atoms with Crippen LogP contribution in [0.1, 0.15) is 56.0 Å². The fourth-order valence-corrected chi connectivity index (χ4v) is 3.07. The molecule has 29 heavy (non-hydrogen) atoms. The van der Waals surface area contributed by atoms with E-state index in [1.54, 1.807) is 36.1 Å². The molecular weight excluding hydrogens is 368 g/mol. The van der Waals surface area contributed by atoms with Gasteiger partial charge in [-0.15, -0.1) is 0 Å². The molecule has 0 radical (unpaired) electrons. The Morgan fingerprint density at radius 3 is 2.34 bits per heavy atom. The summed E-state index contributed by atoms with van der Waals surface area (Å²) in [5.74, 6) is -0.647. The first kappa shape index (κ1) is 22.1. The third kappa shape index (κ3) is 5.91. The van der Waals surface area contributed by atoms with Crippen molar-refractivity contribution in [1.29, 1.82) is 0 Å². The SMILES string of the molecule is CCOC(=O)c1ccccc1NC(=O)CCN(C(C)=O)c1ccccc1C(C)C. The molecule has 0 unspecified atom stereocenters. The Hall–Kier alpha value is -3.15. The van der Waals surface area contributed by atoms with Gasteiger partial charge in [0.1, 0.15) is 0 Å². The van der Waals surface area contributed by atoms with Crippen LogP contribution in [-0.2, 0) is 14.3 Å². The first-order chi connectivity index (χ1) is 13.8. The van der Waals surface area contributed by atoms with Gasteiger partial charge in [0.2, 0.25) is 11.8 Å². The molecule has 154 valence electrons. The zero-order valence-electron chi connectivity index (χ0n) is 17.4. The summed E-state index contributed by atoms with van der Waals surface area (Å²) in [5.41, 5.74) is 2.56. The van der Waals surface area contributed by atoms with Gasteiger partial charge in [0, 0.05) is 25.6 Å². The Balaban J connectivity index is 2.12. The number of nitrogens with one attached hydrogen (secondary N) is 1. The number of nitrogens with zero attached hydrogens (tertiary/aromatic N) is 1. The van der Waals surface area contributed by atoms with Crippen molar-refractivity contribution >= 4 is 29.2 Å². The number of hydrogen-bond donors (Lipinski definition) is 1. The second-order valence-electron chi connectivity index (χ2n) is 6.95. The van der Waals surface area contributed by atoms with E-state index in [9.17, 15) is 14.4 Å². The van der Waals surface area contributed by atoms with Crippen LogP contribution in [0.25, 0.3) is 0 Å². The van der Waals surface area contributed by atoms with Crippen LogP contribution in [0, 0.1) is 0 Å². The van der Waals surface area contributed by atoms with Gasteiger partial charge in [-0.2, -0.15) is 0 Å². The third-order valence-corrected chi connectivity index (χ3v) is 4.49. The van der Waals surface area contributed by atoms with E-state index < -0.39 is 5.97 Å². The van der Waals surface area contributed by atoms with Gasteiger partial charge in [-0.1, -0.05) is 44.2 Å². The molecule has 0 atom stereocenters. The lowest BCUT2D eigenvalue weighted by atomic mass is 10.0. The molecule has 2 aromatic rings. The van der Waals surface area contributed by atoms with Crippen LogP contribution in [0.5, 0.6) is 0 Å². The highest BCUT2D eigenvalue weighted by atomic mass is 16.5. The molecule has 6 nitrogen and oxygen atoms in total. The standard InChI is InChI=1S/C23H28N2O4/c1-5-29-23(28)19-11-6-8-12-20(19)24-22(27)14-15-25(17(4)26)21-13-9-7-10-18(21)16(2)3/h6-13,16H,5,14-15H2,1-4H3,(H,24,27). The predicted molar refractivity (Wildman–Crippen MR) is 114 cm³/mol. The number of anilines is 2. The van der Waals surface area contributed by atoms with Gasteiger partial charge in [-0.25, -0.2) is 4.79 Å². The van der Waals surface area contributed by atoms with E-state index in [0.717, 1.165) is 11.3 Å². The normalized spacial score (nSPS) is 10.5. The molecular formula is C23H28N2O4. The second kappa shape index (κ2) is 10.4. The Morgan fingerprint density at radius 1 is 1.03 bits per heavy atom. The highest BCUT2D eigenvalue weighted by Gasteiger charge is 2.19. The lowest BCUT2D eigenvalue weighted by molar-refractivity contribution is -0.117. The van der Waals surface area contributed by atoms with Gasteiger partial charge >= 0.3 is 5.97 Å². The smallest absolute Gasteiger partial charge is 0.340 e. The van der Waals surface area contributed by atoms with Gasteiger partial charge in [-0.05, 0) is 36.6 Å². The highest BCUT2D eigenvalue weighted by molar-refractivity contribution is 6.01. The van der Waals surface area contributed by atoms with Crippen molar-refractivity contribution in [3.05, 3.63) is 59.7 Å². The summed E-state index contributed by atoms with van der Waals surface area (Å²) in [4.78, 5) is 38.4. The molecule has 2 rings (SSSR count). The number of rotatable bonds is 8. The van der Waals surface area contributed by atoms with E-state index in [4.69, 9.17) is 4.74 Å². The first-order valence-electron chi connectivity index (χ1n) is 9.78. The zero-order chi connectivity index (χ0) is 21.4. The van der Waals surface area contributed by atoms with E-state index >= 15 is 0 Å². The summed E-state index contributed by atoms with van der Waals surface area (Å²) in [6.45, 7) is 7.85. The molecule has 1 N–H and O–H groups in total. The summed E-state index contributed by atoms with van der Waals surface area (Å²) in [6.07, 6.45) is 0.100. The molecule has 0 aromatic heterocycles. The van der Waals surface area contributed by atoms with Gasteiger partial charge < -0.3 is 15.0 Å². The number of ether oxygens (including phenoxy) is 1. The van der Waals surface area contributed by atoms with Crippen molar-refractivity contribution in [1.82, 2.24) is 0 Å². The van der Waals surface area contributed by atoms with Crippen LogP contribution in [0.15, 0.2) is 48.5 Å². The van der Waals surface area contributed by atoms with Gasteiger partial charge in [-0.3, -0.25) is 9.59 Å². The molecule has 0 heterocycles. The Bertz CT molecular complexity index is 877. The molecule has 0 bridgehead atoms. The molecule has 0 saturated heterocycles. The fourth-order valence-electron chi connectivity index (χ4n) is 3.07. The quantitative estimate of drug-likeness (QED) is 0.673. The maximum Gasteiger partial charge on any atom is 0.340 e. The number of esters is 1. The molecule has 0 saturated carbocycles. The molecule has 0 fully saturated rings. The summed E-state index contributed by atoms with van der Waals surface area (Å²) < 4.78 is 5.03. The molecule has 2 amide bonds. The average Bonchev–Trinajstić information content (AvgIpc) is 2.68. The van der Waals surface area contributed by atoms with E-state index in [1.165, 1.54) is 6.92 Å². The minimum absolute atomic E-state index is 0.100. The van der Waals surface area contributed by atoms with Crippen molar-refractivity contribution in [3.8, 4) is 0 Å². The number of amides is 2. The molecule has 0 spiro atoms. The van der Waals surface area contributed by atoms with E-state index in [0.29, 0.717) is 11.3 Å². The van der Waals surface area contributed by atoms with E-state index in [-0.39, 0.29) is 37.3 Å². The fraction of sp³-hybridized carbons (Fsp3) is 0.348. The van der Waals surface area contributed by atoms with E-state index in [2.05, 4.69) is 19.2 Å². The Morgan fingerprint density at radius 2 is 1.69 bits per heavy atom. The summed E-state index contributed by atoms with van der Waals surface area (Å²) >= 11 is 0. The lowest BCUT2D eigenvalue weighted by Gasteiger charge is -2.25. The molecule has 0 aliphatic rings. The highest BCUT2D eigenvalue weighted by Crippen LogP contribution is 2.27. The second-order valence-corrected chi connectivity index (χ2v) is 6.95. The van der Waals surface area contributed by atoms with Crippen LogP contribution in [0.2, 0.25) is 0 Å². The number of carbonyl (C=O) groups excluding carboxylic acids is 3. The van der Waals surface area contributed by atoms with Crippen molar-refractivity contribution in [2.75, 3.05) is 23.4 Å². The predicted octanol–water partition coefficient (Wildman–Crippen LogP) is 4.37. The zero-order valence-corrected chi connectivity index (χ0v) is 17.4. The van der Waals surface area contributed by atoms with E-state index in [1.807, 2.05) is 24.3 Å². The minimum Gasteiger partial charge on any atom is -0.462 e. The van der Waals surface area contributed by atoms with Gasteiger partial charge in [0.25, 0.3) is 0 Å². The van der Waals surface area contributed by atoms with Crippen molar-refractivity contribution in [2.24, 2.45) is 0 Å².